The van der Waals surface area contributed by atoms with Crippen LogP contribution in [0.2, 0.25) is 0 Å². The van der Waals surface area contributed by atoms with Gasteiger partial charge < -0.3 is 14.6 Å². The van der Waals surface area contributed by atoms with E-state index in [1.807, 2.05) is 18.2 Å². The van der Waals surface area contributed by atoms with E-state index >= 15 is 0 Å². The highest BCUT2D eigenvalue weighted by Crippen LogP contribution is 2.33. The number of aromatic carboxylic acids is 1. The van der Waals surface area contributed by atoms with Gasteiger partial charge in [-0.2, -0.15) is 5.10 Å². The van der Waals surface area contributed by atoms with E-state index in [0.717, 1.165) is 34.7 Å². The molecule has 3 rings (SSSR count). The Bertz CT molecular complexity index is 753. The molecule has 122 valence electrons. The first-order valence-electron chi connectivity index (χ1n) is 7.16. The van der Waals surface area contributed by atoms with Gasteiger partial charge in [-0.05, 0) is 40.2 Å². The maximum Gasteiger partial charge on any atom is 0.356 e. The predicted molar refractivity (Wildman–Crippen MR) is 87.7 cm³/mol. The first-order valence-corrected chi connectivity index (χ1v) is 7.95. The lowest BCUT2D eigenvalue weighted by atomic mass is 9.90. The average molecular weight is 381 g/mol. The molecule has 1 saturated heterocycles. The number of nitrogens with zero attached hydrogens (tertiary/aromatic N) is 2. The van der Waals surface area contributed by atoms with Crippen molar-refractivity contribution in [2.24, 2.45) is 12.5 Å². The fraction of sp³-hybridized carbons (Fsp3) is 0.375. The smallest absolute Gasteiger partial charge is 0.356 e. The number of ether oxygens (including phenoxy) is 2. The van der Waals surface area contributed by atoms with Gasteiger partial charge in [-0.25, -0.2) is 4.79 Å². The van der Waals surface area contributed by atoms with Gasteiger partial charge >= 0.3 is 5.97 Å². The van der Waals surface area contributed by atoms with Crippen molar-refractivity contribution in [2.45, 2.75) is 6.92 Å². The molecule has 0 saturated carbocycles. The highest BCUT2D eigenvalue weighted by Gasteiger charge is 2.34. The zero-order chi connectivity index (χ0) is 16.6. The van der Waals surface area contributed by atoms with Crippen molar-refractivity contribution in [3.05, 3.63) is 34.4 Å². The number of benzene rings is 1. The van der Waals surface area contributed by atoms with E-state index in [9.17, 15) is 4.79 Å². The van der Waals surface area contributed by atoms with Gasteiger partial charge in [0.15, 0.2) is 5.69 Å². The molecule has 0 aliphatic carbocycles. The van der Waals surface area contributed by atoms with Crippen molar-refractivity contribution < 1.29 is 19.4 Å². The first-order chi connectivity index (χ1) is 10.9. The van der Waals surface area contributed by atoms with Crippen LogP contribution in [-0.2, 0) is 11.8 Å². The lowest BCUT2D eigenvalue weighted by molar-refractivity contribution is -0.120. The van der Waals surface area contributed by atoms with Crippen molar-refractivity contribution in [1.82, 2.24) is 9.78 Å². The Morgan fingerprint density at radius 1 is 1.48 bits per heavy atom. The van der Waals surface area contributed by atoms with Gasteiger partial charge in [0.1, 0.15) is 5.75 Å². The van der Waals surface area contributed by atoms with E-state index in [-0.39, 0.29) is 11.1 Å². The summed E-state index contributed by atoms with van der Waals surface area (Å²) in [5, 5.41) is 13.0. The largest absolute Gasteiger partial charge is 0.492 e. The van der Waals surface area contributed by atoms with Gasteiger partial charge in [0.2, 0.25) is 0 Å². The van der Waals surface area contributed by atoms with E-state index in [1.54, 1.807) is 17.8 Å². The van der Waals surface area contributed by atoms with E-state index in [1.165, 1.54) is 0 Å². The fourth-order valence-electron chi connectivity index (χ4n) is 2.40. The number of carbonyl (C=O) groups is 1. The van der Waals surface area contributed by atoms with Crippen molar-refractivity contribution in [1.29, 1.82) is 0 Å². The summed E-state index contributed by atoms with van der Waals surface area (Å²) in [6.07, 6.45) is 0. The number of carboxylic acids is 1. The number of halogens is 1. The maximum absolute atomic E-state index is 11.0. The summed E-state index contributed by atoms with van der Waals surface area (Å²) < 4.78 is 13.5. The normalized spacial score (nSPS) is 16.0. The summed E-state index contributed by atoms with van der Waals surface area (Å²) in [7, 11) is 1.72. The molecular formula is C16H17BrN2O4. The van der Waals surface area contributed by atoms with Crippen LogP contribution in [0.5, 0.6) is 5.75 Å². The van der Waals surface area contributed by atoms with Gasteiger partial charge in [0.25, 0.3) is 0 Å². The number of hydrogen-bond acceptors (Lipinski definition) is 4. The molecule has 0 amide bonds. The van der Waals surface area contributed by atoms with Crippen LogP contribution in [0.25, 0.3) is 11.3 Å². The molecule has 1 fully saturated rings. The Morgan fingerprint density at radius 2 is 2.22 bits per heavy atom. The maximum atomic E-state index is 11.0. The molecule has 7 heteroatoms. The third-order valence-corrected chi connectivity index (χ3v) is 4.42. The molecule has 0 radical (unpaired) electrons. The van der Waals surface area contributed by atoms with Crippen LogP contribution in [0.3, 0.4) is 0 Å². The van der Waals surface area contributed by atoms with Crippen LogP contribution in [0, 0.1) is 5.41 Å². The zero-order valence-electron chi connectivity index (χ0n) is 12.9. The highest BCUT2D eigenvalue weighted by atomic mass is 79.9. The molecule has 1 aliphatic heterocycles. The summed E-state index contributed by atoms with van der Waals surface area (Å²) in [5.74, 6) is -0.288. The predicted octanol–water partition coefficient (Wildman–Crippen LogP) is 2.96. The SMILES string of the molecule is Cn1nc(C(=O)O)cc1-c1ccc(OCC2(C)COC2)c(Br)c1. The monoisotopic (exact) mass is 380 g/mol. The quantitative estimate of drug-likeness (QED) is 0.862. The Kier molecular flexibility index (Phi) is 4.16. The second-order valence-electron chi connectivity index (χ2n) is 6.08. The Balaban J connectivity index is 1.80. The van der Waals surface area contributed by atoms with Crippen LogP contribution in [-0.4, -0.2) is 40.7 Å². The average Bonchev–Trinajstić information content (AvgIpc) is 2.86. The number of carboxylic acid groups (broad SMARTS) is 1. The molecule has 23 heavy (non-hydrogen) atoms. The number of rotatable bonds is 5. The molecule has 2 heterocycles. The Morgan fingerprint density at radius 3 is 2.74 bits per heavy atom. The molecule has 0 unspecified atom stereocenters. The second kappa shape index (κ2) is 5.98. The first kappa shape index (κ1) is 16.0. The third-order valence-electron chi connectivity index (χ3n) is 3.80. The molecule has 0 bridgehead atoms. The van der Waals surface area contributed by atoms with Crippen molar-refractivity contribution in [3.8, 4) is 17.0 Å². The summed E-state index contributed by atoms with van der Waals surface area (Å²) in [6.45, 7) is 4.16. The minimum atomic E-state index is -1.04. The summed E-state index contributed by atoms with van der Waals surface area (Å²) in [5.41, 5.74) is 1.70. The molecule has 1 aliphatic rings. The van der Waals surface area contributed by atoms with Crippen LogP contribution in [0.1, 0.15) is 17.4 Å². The fourth-order valence-corrected chi connectivity index (χ4v) is 2.90. The molecule has 2 aromatic rings. The van der Waals surface area contributed by atoms with Gasteiger partial charge in [-0.3, -0.25) is 4.68 Å². The van der Waals surface area contributed by atoms with Crippen molar-refractivity contribution in [2.75, 3.05) is 19.8 Å². The van der Waals surface area contributed by atoms with Crippen LogP contribution in [0.4, 0.5) is 0 Å². The van der Waals surface area contributed by atoms with Crippen LogP contribution in [0.15, 0.2) is 28.7 Å². The molecule has 1 aromatic carbocycles. The van der Waals surface area contributed by atoms with Gasteiger partial charge in [-0.1, -0.05) is 6.92 Å². The summed E-state index contributed by atoms with van der Waals surface area (Å²) in [6, 6.07) is 7.22. The Hall–Kier alpha value is -1.86. The summed E-state index contributed by atoms with van der Waals surface area (Å²) >= 11 is 3.51. The van der Waals surface area contributed by atoms with Crippen molar-refractivity contribution >= 4 is 21.9 Å². The lowest BCUT2D eigenvalue weighted by Crippen LogP contribution is -2.44. The van der Waals surface area contributed by atoms with Crippen molar-refractivity contribution in [3.63, 3.8) is 0 Å². The summed E-state index contributed by atoms with van der Waals surface area (Å²) in [4.78, 5) is 11.0. The number of aromatic nitrogens is 2. The minimum Gasteiger partial charge on any atom is -0.492 e. The van der Waals surface area contributed by atoms with Crippen LogP contribution < -0.4 is 4.74 Å². The molecular weight excluding hydrogens is 364 g/mol. The van der Waals surface area contributed by atoms with E-state index in [2.05, 4.69) is 28.0 Å². The van der Waals surface area contributed by atoms with E-state index in [4.69, 9.17) is 14.6 Å². The molecule has 0 spiro atoms. The molecule has 1 N–H and O–H groups in total. The Labute approximate surface area is 142 Å². The topological polar surface area (TPSA) is 73.6 Å². The number of hydrogen-bond donors (Lipinski definition) is 1. The van der Waals surface area contributed by atoms with E-state index < -0.39 is 5.97 Å². The number of aryl methyl sites for hydroxylation is 1. The standard InChI is InChI=1S/C16H17BrN2O4/c1-16(7-22-8-16)9-23-14-4-3-10(5-11(14)17)13-6-12(15(20)21)18-19(13)2/h3-6H,7-9H2,1-2H3,(H,20,21). The van der Waals surface area contributed by atoms with Crippen LogP contribution >= 0.6 is 15.9 Å². The van der Waals surface area contributed by atoms with Gasteiger partial charge in [0, 0.05) is 18.0 Å². The molecule has 6 nitrogen and oxygen atoms in total. The van der Waals surface area contributed by atoms with Gasteiger partial charge in [-0.15, -0.1) is 0 Å². The third kappa shape index (κ3) is 3.25. The second-order valence-corrected chi connectivity index (χ2v) is 6.94. The van der Waals surface area contributed by atoms with E-state index in [0.29, 0.717) is 6.61 Å². The van der Waals surface area contributed by atoms with Gasteiger partial charge in [0.05, 0.1) is 30.0 Å². The minimum absolute atomic E-state index is 0.0249. The zero-order valence-corrected chi connectivity index (χ0v) is 14.5. The highest BCUT2D eigenvalue weighted by molar-refractivity contribution is 9.10. The molecule has 1 aromatic heterocycles. The lowest BCUT2D eigenvalue weighted by Gasteiger charge is -2.37. The molecule has 0 atom stereocenters.